The van der Waals surface area contributed by atoms with E-state index in [4.69, 9.17) is 21.4 Å². The molecule has 1 fully saturated rings. The third-order valence-electron chi connectivity index (χ3n) is 4.49. The van der Waals surface area contributed by atoms with Crippen LogP contribution in [-0.4, -0.2) is 29.1 Å². The molecule has 1 heterocycles. The van der Waals surface area contributed by atoms with Crippen molar-refractivity contribution < 1.29 is 19.4 Å². The van der Waals surface area contributed by atoms with Crippen molar-refractivity contribution in [1.82, 2.24) is 5.32 Å². The lowest BCUT2D eigenvalue weighted by Gasteiger charge is -2.42. The van der Waals surface area contributed by atoms with Gasteiger partial charge in [0.15, 0.2) is 0 Å². The zero-order valence-electron chi connectivity index (χ0n) is 12.1. The van der Waals surface area contributed by atoms with Gasteiger partial charge >= 0.3 is 5.97 Å². The van der Waals surface area contributed by atoms with Crippen LogP contribution in [0, 0.1) is 5.92 Å². The molecule has 1 aliphatic carbocycles. The zero-order valence-corrected chi connectivity index (χ0v) is 12.9. The van der Waals surface area contributed by atoms with Gasteiger partial charge in [-0.15, -0.1) is 0 Å². The van der Waals surface area contributed by atoms with Crippen molar-refractivity contribution in [2.45, 2.75) is 37.6 Å². The monoisotopic (exact) mass is 323 g/mol. The predicted molar refractivity (Wildman–Crippen MR) is 81.1 cm³/mol. The van der Waals surface area contributed by atoms with Crippen LogP contribution < -0.4 is 10.1 Å². The van der Waals surface area contributed by atoms with Crippen LogP contribution in [0.5, 0.6) is 5.75 Å². The van der Waals surface area contributed by atoms with Gasteiger partial charge in [0.25, 0.3) is 0 Å². The topological polar surface area (TPSA) is 75.6 Å². The molecular weight excluding hydrogens is 306 g/mol. The van der Waals surface area contributed by atoms with Crippen LogP contribution in [0.4, 0.5) is 0 Å². The van der Waals surface area contributed by atoms with E-state index in [1.807, 2.05) is 12.1 Å². The number of ether oxygens (including phenoxy) is 1. The van der Waals surface area contributed by atoms with E-state index < -0.39 is 11.5 Å². The Balaban J connectivity index is 1.67. The number of hydrogen-bond donors (Lipinski definition) is 2. The quantitative estimate of drug-likeness (QED) is 0.892. The summed E-state index contributed by atoms with van der Waals surface area (Å²) in [5.41, 5.74) is 0.345. The van der Waals surface area contributed by atoms with Gasteiger partial charge in [-0.3, -0.25) is 9.59 Å². The summed E-state index contributed by atoms with van der Waals surface area (Å²) in [6, 6.07) is 5.38. The largest absolute Gasteiger partial charge is 0.492 e. The van der Waals surface area contributed by atoms with Crippen LogP contribution >= 0.6 is 11.6 Å². The molecule has 1 atom stereocenters. The fraction of sp³-hybridized carbons (Fsp3) is 0.500. The number of carboxylic acid groups (broad SMARTS) is 1. The van der Waals surface area contributed by atoms with Crippen molar-refractivity contribution in [3.63, 3.8) is 0 Å². The van der Waals surface area contributed by atoms with E-state index in [-0.39, 0.29) is 18.2 Å². The molecule has 1 aromatic carbocycles. The van der Waals surface area contributed by atoms with Crippen molar-refractivity contribution in [2.24, 2.45) is 5.92 Å². The molecule has 118 valence electrons. The van der Waals surface area contributed by atoms with Crippen molar-refractivity contribution in [1.29, 1.82) is 0 Å². The minimum Gasteiger partial charge on any atom is -0.492 e. The number of carbonyl (C=O) groups is 2. The van der Waals surface area contributed by atoms with Crippen LogP contribution in [0.25, 0.3) is 0 Å². The number of amides is 1. The first kappa shape index (κ1) is 15.2. The SMILES string of the molecule is O=C(O)CC1(NC(=O)C2COc3ccc(Cl)cc3C2)CCC1. The maximum atomic E-state index is 12.5. The molecular formula is C16H18ClNO4. The second-order valence-corrected chi connectivity index (χ2v) is 6.59. The highest BCUT2D eigenvalue weighted by atomic mass is 35.5. The van der Waals surface area contributed by atoms with E-state index in [0.29, 0.717) is 18.1 Å². The van der Waals surface area contributed by atoms with Gasteiger partial charge < -0.3 is 15.2 Å². The predicted octanol–water partition coefficient (Wildman–Crippen LogP) is 2.40. The van der Waals surface area contributed by atoms with Crippen LogP contribution in [0.1, 0.15) is 31.2 Å². The lowest BCUT2D eigenvalue weighted by Crippen LogP contribution is -2.57. The molecule has 0 bridgehead atoms. The molecule has 1 amide bonds. The normalized spacial score (nSPS) is 22.0. The van der Waals surface area contributed by atoms with Gasteiger partial charge in [-0.05, 0) is 49.4 Å². The van der Waals surface area contributed by atoms with Crippen LogP contribution in [0.15, 0.2) is 18.2 Å². The summed E-state index contributed by atoms with van der Waals surface area (Å²) in [6.45, 7) is 0.309. The zero-order chi connectivity index (χ0) is 15.7. The molecule has 1 saturated carbocycles. The van der Waals surface area contributed by atoms with Crippen LogP contribution in [0.3, 0.4) is 0 Å². The molecule has 3 rings (SSSR count). The molecule has 0 saturated heterocycles. The first-order valence-corrected chi connectivity index (χ1v) is 7.80. The minimum atomic E-state index is -0.878. The average molecular weight is 324 g/mol. The smallest absolute Gasteiger partial charge is 0.305 e. The molecule has 0 aromatic heterocycles. The second-order valence-electron chi connectivity index (χ2n) is 6.16. The molecule has 0 spiro atoms. The molecule has 2 N–H and O–H groups in total. The number of carbonyl (C=O) groups excluding carboxylic acids is 1. The van der Waals surface area contributed by atoms with Gasteiger partial charge in [-0.25, -0.2) is 0 Å². The molecule has 5 nitrogen and oxygen atoms in total. The fourth-order valence-electron chi connectivity index (χ4n) is 3.13. The summed E-state index contributed by atoms with van der Waals surface area (Å²) in [7, 11) is 0. The number of carboxylic acids is 1. The van der Waals surface area contributed by atoms with Crippen molar-refractivity contribution in [2.75, 3.05) is 6.61 Å². The molecule has 6 heteroatoms. The number of rotatable bonds is 4. The molecule has 1 unspecified atom stereocenters. The summed E-state index contributed by atoms with van der Waals surface area (Å²) in [5.74, 6) is -0.557. The number of fused-ring (bicyclic) bond motifs is 1. The van der Waals surface area contributed by atoms with E-state index in [1.54, 1.807) is 6.07 Å². The van der Waals surface area contributed by atoms with Crippen molar-refractivity contribution in [3.8, 4) is 5.75 Å². The van der Waals surface area contributed by atoms with Crippen LogP contribution in [-0.2, 0) is 16.0 Å². The standard InChI is InChI=1S/C16H18ClNO4/c17-12-2-3-13-10(7-12)6-11(9-22-13)15(21)18-16(4-1-5-16)8-14(19)20/h2-3,7,11H,1,4-6,8-9H2,(H,18,21)(H,19,20). The van der Waals surface area contributed by atoms with Crippen molar-refractivity contribution >= 4 is 23.5 Å². The van der Waals surface area contributed by atoms with Gasteiger partial charge in [-0.2, -0.15) is 0 Å². The van der Waals surface area contributed by atoms with E-state index in [1.165, 1.54) is 0 Å². The van der Waals surface area contributed by atoms with E-state index in [9.17, 15) is 9.59 Å². The minimum absolute atomic E-state index is 0.0191. The Morgan fingerprint density at radius 3 is 2.82 bits per heavy atom. The van der Waals surface area contributed by atoms with Gasteiger partial charge in [-0.1, -0.05) is 11.6 Å². The number of aliphatic carboxylic acids is 1. The number of halogens is 1. The Bertz CT molecular complexity index is 612. The summed E-state index contributed by atoms with van der Waals surface area (Å²) in [6.07, 6.45) is 2.94. The first-order chi connectivity index (χ1) is 10.5. The molecule has 2 aliphatic rings. The number of benzene rings is 1. The summed E-state index contributed by atoms with van der Waals surface area (Å²) < 4.78 is 5.62. The molecule has 1 aliphatic heterocycles. The summed E-state index contributed by atoms with van der Waals surface area (Å²) in [4.78, 5) is 23.4. The van der Waals surface area contributed by atoms with Gasteiger partial charge in [0.05, 0.1) is 17.9 Å². The fourth-order valence-corrected chi connectivity index (χ4v) is 3.33. The van der Waals surface area contributed by atoms with Gasteiger partial charge in [0.2, 0.25) is 5.91 Å². The molecule has 0 radical (unpaired) electrons. The van der Waals surface area contributed by atoms with Crippen LogP contribution in [0.2, 0.25) is 5.02 Å². The number of hydrogen-bond acceptors (Lipinski definition) is 3. The highest BCUT2D eigenvalue weighted by Gasteiger charge is 2.42. The van der Waals surface area contributed by atoms with E-state index >= 15 is 0 Å². The molecule has 22 heavy (non-hydrogen) atoms. The molecule has 1 aromatic rings. The average Bonchev–Trinajstić information content (AvgIpc) is 2.43. The lowest BCUT2D eigenvalue weighted by atomic mass is 9.74. The highest BCUT2D eigenvalue weighted by molar-refractivity contribution is 6.30. The van der Waals surface area contributed by atoms with Gasteiger partial charge in [0, 0.05) is 5.02 Å². The summed E-state index contributed by atoms with van der Waals surface area (Å²) in [5, 5.41) is 12.6. The Kier molecular flexibility index (Phi) is 4.00. The Morgan fingerprint density at radius 1 is 1.41 bits per heavy atom. The Hall–Kier alpha value is -1.75. The third kappa shape index (κ3) is 3.04. The maximum absolute atomic E-state index is 12.5. The highest BCUT2D eigenvalue weighted by Crippen LogP contribution is 2.36. The first-order valence-electron chi connectivity index (χ1n) is 7.42. The van der Waals surface area contributed by atoms with E-state index in [0.717, 1.165) is 30.6 Å². The summed E-state index contributed by atoms with van der Waals surface area (Å²) >= 11 is 5.98. The Morgan fingerprint density at radius 2 is 2.18 bits per heavy atom. The van der Waals surface area contributed by atoms with Gasteiger partial charge in [0.1, 0.15) is 12.4 Å². The number of nitrogens with one attached hydrogen (secondary N) is 1. The van der Waals surface area contributed by atoms with Crippen molar-refractivity contribution in [3.05, 3.63) is 28.8 Å². The second kappa shape index (κ2) is 5.80. The van der Waals surface area contributed by atoms with E-state index in [2.05, 4.69) is 5.32 Å². The Labute approximate surface area is 133 Å². The third-order valence-corrected chi connectivity index (χ3v) is 4.72. The lowest BCUT2D eigenvalue weighted by molar-refractivity contribution is -0.141. The maximum Gasteiger partial charge on any atom is 0.305 e.